The summed E-state index contributed by atoms with van der Waals surface area (Å²) in [7, 11) is 0. The molecule has 0 aliphatic heterocycles. The molecule has 5 aliphatic rings. The third-order valence-corrected chi connectivity index (χ3v) is 9.85. The van der Waals surface area contributed by atoms with E-state index in [4.69, 9.17) is 0 Å². The van der Waals surface area contributed by atoms with Crippen LogP contribution in [0.1, 0.15) is 71.5 Å². The minimum absolute atomic E-state index is 0.0183. The molecule has 0 unspecified atom stereocenters. The molecule has 1 spiro atoms. The van der Waals surface area contributed by atoms with E-state index in [0.29, 0.717) is 11.8 Å². The van der Waals surface area contributed by atoms with Crippen LogP contribution in [0.2, 0.25) is 0 Å². The fraction of sp³-hybridized carbons (Fsp3) is 0.667. The maximum Gasteiger partial charge on any atom is 0.144 e. The van der Waals surface area contributed by atoms with Gasteiger partial charge in [-0.1, -0.05) is 63.3 Å². The Balaban J connectivity index is 1.56. The van der Waals surface area contributed by atoms with E-state index in [0.717, 1.165) is 37.7 Å². The number of fused-ring (bicyclic) bond motifs is 2. The van der Waals surface area contributed by atoms with Crippen molar-refractivity contribution < 1.29 is 15.0 Å². The molecule has 3 nitrogen and oxygen atoms in total. The van der Waals surface area contributed by atoms with E-state index < -0.39 is 17.1 Å². The number of carbonyl (C=O) groups is 1. The van der Waals surface area contributed by atoms with Gasteiger partial charge in [0.2, 0.25) is 0 Å². The van der Waals surface area contributed by atoms with Gasteiger partial charge in [-0.2, -0.15) is 0 Å². The predicted molar refractivity (Wildman–Crippen MR) is 118 cm³/mol. The number of aliphatic hydroxyl groups is 2. The first-order valence-corrected chi connectivity index (χ1v) is 11.7. The van der Waals surface area contributed by atoms with E-state index >= 15 is 0 Å². The molecule has 0 radical (unpaired) electrons. The molecule has 0 heterocycles. The van der Waals surface area contributed by atoms with Gasteiger partial charge in [-0.25, -0.2) is 0 Å². The monoisotopic (exact) mass is 408 g/mol. The number of allylic oxidation sites excluding steroid dienone is 1. The summed E-state index contributed by atoms with van der Waals surface area (Å²) in [6.45, 7) is 8.63. The Morgan fingerprint density at radius 2 is 1.77 bits per heavy atom. The maximum absolute atomic E-state index is 13.7. The van der Waals surface area contributed by atoms with Gasteiger partial charge in [0.25, 0.3) is 0 Å². The number of aliphatic hydroxyl groups excluding tert-OH is 1. The minimum Gasteiger partial charge on any atom is -0.390 e. The fourth-order valence-electron chi connectivity index (χ4n) is 8.51. The van der Waals surface area contributed by atoms with E-state index in [2.05, 4.69) is 32.9 Å². The molecule has 6 rings (SSSR count). The molecule has 3 saturated carbocycles. The lowest BCUT2D eigenvalue weighted by Gasteiger charge is -2.68. The summed E-state index contributed by atoms with van der Waals surface area (Å²) in [6, 6.07) is 9.69. The average Bonchev–Trinajstić information content (AvgIpc) is 2.70. The van der Waals surface area contributed by atoms with Gasteiger partial charge in [0.1, 0.15) is 5.78 Å². The molecule has 3 fully saturated rings. The third kappa shape index (κ3) is 2.61. The quantitative estimate of drug-likeness (QED) is 0.671. The van der Waals surface area contributed by atoms with E-state index in [1.54, 1.807) is 0 Å². The minimum atomic E-state index is -0.756. The number of Topliss-reactive ketones (excluding diaryl/α,β-unsaturated/α-hetero) is 1. The molecule has 0 amide bonds. The highest BCUT2D eigenvalue weighted by molar-refractivity contribution is 5.88. The Hall–Kier alpha value is -1.45. The van der Waals surface area contributed by atoms with Crippen molar-refractivity contribution in [2.24, 2.45) is 39.9 Å². The Morgan fingerprint density at radius 1 is 1.07 bits per heavy atom. The number of ketones is 1. The first-order chi connectivity index (χ1) is 14.0. The summed E-state index contributed by atoms with van der Waals surface area (Å²) < 4.78 is 0. The number of carbonyl (C=O) groups excluding carboxylic acids is 1. The SMILES string of the molecule is CC1(C)C(=O)[C@@H]([C@H](O)c2ccccc2)C[C@]2(C)[C@@H]1CC[C@@]13C=C[C@@H](C[C@H]12)[C@@](C)(O)C3. The first-order valence-electron chi connectivity index (χ1n) is 11.7. The maximum atomic E-state index is 13.7. The molecule has 1 aromatic rings. The van der Waals surface area contributed by atoms with Crippen LogP contribution >= 0.6 is 0 Å². The molecule has 162 valence electrons. The molecule has 30 heavy (non-hydrogen) atoms. The van der Waals surface area contributed by atoms with E-state index in [1.807, 2.05) is 37.3 Å². The van der Waals surface area contributed by atoms with Crippen LogP contribution in [0.4, 0.5) is 0 Å². The molecule has 0 saturated heterocycles. The molecule has 2 N–H and O–H groups in total. The Kier molecular flexibility index (Phi) is 4.29. The lowest BCUT2D eigenvalue weighted by molar-refractivity contribution is -0.201. The van der Waals surface area contributed by atoms with Gasteiger partial charge in [0.05, 0.1) is 11.7 Å². The van der Waals surface area contributed by atoms with Crippen LogP contribution in [0.15, 0.2) is 42.5 Å². The van der Waals surface area contributed by atoms with Crippen molar-refractivity contribution in [3.8, 4) is 0 Å². The lowest BCUT2D eigenvalue weighted by atomic mass is 9.36. The molecule has 3 heteroatoms. The van der Waals surface area contributed by atoms with Crippen LogP contribution in [0.25, 0.3) is 0 Å². The average molecular weight is 409 g/mol. The van der Waals surface area contributed by atoms with Crippen LogP contribution < -0.4 is 0 Å². The smallest absolute Gasteiger partial charge is 0.144 e. The highest BCUT2D eigenvalue weighted by Gasteiger charge is 2.67. The van der Waals surface area contributed by atoms with Gasteiger partial charge in [0.15, 0.2) is 0 Å². The molecule has 5 aliphatic carbocycles. The number of rotatable bonds is 2. The second-order valence-corrected chi connectivity index (χ2v) is 11.9. The van der Waals surface area contributed by atoms with Crippen molar-refractivity contribution in [2.75, 3.05) is 0 Å². The molecular formula is C27H36O3. The van der Waals surface area contributed by atoms with Gasteiger partial charge >= 0.3 is 0 Å². The van der Waals surface area contributed by atoms with E-state index in [1.165, 1.54) is 0 Å². The largest absolute Gasteiger partial charge is 0.390 e. The van der Waals surface area contributed by atoms with E-state index in [-0.39, 0.29) is 28.4 Å². The van der Waals surface area contributed by atoms with Crippen molar-refractivity contribution in [3.05, 3.63) is 48.0 Å². The Labute approximate surface area is 180 Å². The standard InChI is InChI=1S/C27H36O3/c1-24(2)20-11-13-27-12-10-18(26(4,30)16-27)14-21(27)25(20,3)15-19(23(24)29)22(28)17-8-6-5-7-9-17/h5-10,12,18-22,28,30H,11,13-16H2,1-4H3/t18-,19+,20+,21-,22+,25+,26-,27+/m0/s1. The Morgan fingerprint density at radius 3 is 2.43 bits per heavy atom. The van der Waals surface area contributed by atoms with Crippen molar-refractivity contribution in [3.63, 3.8) is 0 Å². The van der Waals surface area contributed by atoms with Crippen molar-refractivity contribution >= 4 is 5.78 Å². The van der Waals surface area contributed by atoms with Gasteiger partial charge in [0, 0.05) is 17.3 Å². The Bertz CT molecular complexity index is 885. The molecule has 8 atom stereocenters. The summed E-state index contributed by atoms with van der Waals surface area (Å²) in [5, 5.41) is 22.4. The highest BCUT2D eigenvalue weighted by Crippen LogP contribution is 2.71. The zero-order valence-corrected chi connectivity index (χ0v) is 18.8. The predicted octanol–water partition coefficient (Wildman–Crippen LogP) is 5.08. The van der Waals surface area contributed by atoms with E-state index in [9.17, 15) is 15.0 Å². The van der Waals surface area contributed by atoms with Gasteiger partial charge in [-0.3, -0.25) is 4.79 Å². The normalized spacial score (nSPS) is 47.5. The summed E-state index contributed by atoms with van der Waals surface area (Å²) >= 11 is 0. The summed E-state index contributed by atoms with van der Waals surface area (Å²) in [6.07, 6.45) is 8.56. The molecule has 0 aromatic heterocycles. The summed E-state index contributed by atoms with van der Waals surface area (Å²) in [5.74, 6) is 0.824. The summed E-state index contributed by atoms with van der Waals surface area (Å²) in [4.78, 5) is 13.7. The summed E-state index contributed by atoms with van der Waals surface area (Å²) in [5.41, 5.74) is -0.222. The molecule has 2 bridgehead atoms. The van der Waals surface area contributed by atoms with Gasteiger partial charge in [-0.05, 0) is 67.3 Å². The number of benzene rings is 1. The van der Waals surface area contributed by atoms with Crippen LogP contribution in [0.3, 0.4) is 0 Å². The van der Waals surface area contributed by atoms with Crippen molar-refractivity contribution in [2.45, 2.75) is 71.5 Å². The number of hydrogen-bond donors (Lipinski definition) is 2. The zero-order valence-electron chi connectivity index (χ0n) is 18.8. The van der Waals surface area contributed by atoms with Crippen LogP contribution in [-0.4, -0.2) is 21.6 Å². The van der Waals surface area contributed by atoms with Crippen LogP contribution in [0.5, 0.6) is 0 Å². The van der Waals surface area contributed by atoms with Gasteiger partial charge < -0.3 is 10.2 Å². The van der Waals surface area contributed by atoms with Crippen molar-refractivity contribution in [1.82, 2.24) is 0 Å². The first kappa shape index (κ1) is 20.5. The van der Waals surface area contributed by atoms with Crippen LogP contribution in [-0.2, 0) is 4.79 Å². The fourth-order valence-corrected chi connectivity index (χ4v) is 8.51. The van der Waals surface area contributed by atoms with Crippen LogP contribution in [0, 0.1) is 39.9 Å². The lowest BCUT2D eigenvalue weighted by Crippen LogP contribution is -2.65. The second kappa shape index (κ2) is 6.29. The molecular weight excluding hydrogens is 372 g/mol. The van der Waals surface area contributed by atoms with Gasteiger partial charge in [-0.15, -0.1) is 0 Å². The zero-order chi connectivity index (χ0) is 21.5. The topological polar surface area (TPSA) is 57.5 Å². The third-order valence-electron chi connectivity index (χ3n) is 9.85. The highest BCUT2D eigenvalue weighted by atomic mass is 16.3. The second-order valence-electron chi connectivity index (χ2n) is 11.9. The number of hydrogen-bond acceptors (Lipinski definition) is 3. The van der Waals surface area contributed by atoms with Crippen molar-refractivity contribution in [1.29, 1.82) is 0 Å². The molecule has 1 aromatic carbocycles.